The van der Waals surface area contributed by atoms with Crippen molar-refractivity contribution in [2.75, 3.05) is 7.05 Å². The van der Waals surface area contributed by atoms with Gasteiger partial charge in [0.25, 0.3) is 0 Å². The van der Waals surface area contributed by atoms with Gasteiger partial charge in [0, 0.05) is 26.1 Å². The Kier molecular flexibility index (Phi) is 3.85. The first-order chi connectivity index (χ1) is 7.13. The predicted molar refractivity (Wildman–Crippen MR) is 59.9 cm³/mol. The van der Waals surface area contributed by atoms with Gasteiger partial charge in [-0.25, -0.2) is 0 Å². The fourth-order valence-corrected chi connectivity index (χ4v) is 1.16. The number of carbonyl (C=O) groups excluding carboxylic acids is 1. The van der Waals surface area contributed by atoms with E-state index in [0.717, 1.165) is 11.1 Å². The first-order valence-electron chi connectivity index (χ1n) is 4.73. The van der Waals surface area contributed by atoms with Crippen LogP contribution in [0.15, 0.2) is 24.3 Å². The molecule has 80 valence electrons. The van der Waals surface area contributed by atoms with Gasteiger partial charge < -0.3 is 10.6 Å². The summed E-state index contributed by atoms with van der Waals surface area (Å²) in [5, 5.41) is 13.0. The van der Waals surface area contributed by atoms with Gasteiger partial charge in [-0.3, -0.25) is 10.2 Å². The van der Waals surface area contributed by atoms with Gasteiger partial charge in [-0.15, -0.1) is 0 Å². The Balaban J connectivity index is 2.64. The van der Waals surface area contributed by atoms with E-state index in [-0.39, 0.29) is 5.91 Å². The monoisotopic (exact) mass is 205 g/mol. The van der Waals surface area contributed by atoms with Gasteiger partial charge in [0.05, 0.1) is 0 Å². The van der Waals surface area contributed by atoms with Crippen LogP contribution in [0.4, 0.5) is 0 Å². The minimum atomic E-state index is -0.0398. The first kappa shape index (κ1) is 11.2. The summed E-state index contributed by atoms with van der Waals surface area (Å²) in [5.41, 5.74) is 1.86. The Morgan fingerprint density at radius 2 is 1.93 bits per heavy atom. The van der Waals surface area contributed by atoms with Crippen molar-refractivity contribution in [3.63, 3.8) is 0 Å². The lowest BCUT2D eigenvalue weighted by atomic mass is 10.1. The second kappa shape index (κ2) is 5.14. The van der Waals surface area contributed by atoms with Crippen molar-refractivity contribution in [3.05, 3.63) is 35.4 Å². The fourth-order valence-electron chi connectivity index (χ4n) is 1.16. The number of amidine groups is 1. The molecule has 0 unspecified atom stereocenters. The predicted octanol–water partition coefficient (Wildman–Crippen LogP) is 0.867. The molecule has 0 saturated carbocycles. The van der Waals surface area contributed by atoms with Crippen molar-refractivity contribution in [2.45, 2.75) is 13.5 Å². The molecule has 0 bridgehead atoms. The van der Waals surface area contributed by atoms with E-state index in [9.17, 15) is 4.79 Å². The van der Waals surface area contributed by atoms with Crippen molar-refractivity contribution in [3.8, 4) is 0 Å². The van der Waals surface area contributed by atoms with Crippen LogP contribution in [-0.4, -0.2) is 18.8 Å². The second-order valence-electron chi connectivity index (χ2n) is 3.23. The molecule has 0 aromatic heterocycles. The van der Waals surface area contributed by atoms with Crippen LogP contribution in [0.3, 0.4) is 0 Å². The highest BCUT2D eigenvalue weighted by atomic mass is 16.1. The number of hydrogen-bond donors (Lipinski definition) is 3. The molecular formula is C11H15N3O. The SMILES string of the molecule is CNC(=N)c1ccc(CNC(C)=O)cc1. The van der Waals surface area contributed by atoms with Gasteiger partial charge in [-0.05, 0) is 5.56 Å². The molecule has 0 aliphatic carbocycles. The van der Waals surface area contributed by atoms with Crippen LogP contribution >= 0.6 is 0 Å². The zero-order chi connectivity index (χ0) is 11.3. The minimum Gasteiger partial charge on any atom is -0.373 e. The van der Waals surface area contributed by atoms with Gasteiger partial charge in [-0.2, -0.15) is 0 Å². The van der Waals surface area contributed by atoms with E-state index in [0.29, 0.717) is 12.4 Å². The highest BCUT2D eigenvalue weighted by molar-refractivity contribution is 5.96. The van der Waals surface area contributed by atoms with Crippen molar-refractivity contribution in [1.29, 1.82) is 5.41 Å². The molecule has 0 saturated heterocycles. The standard InChI is InChI=1S/C11H15N3O/c1-8(15)14-7-9-3-5-10(6-4-9)11(12)13-2/h3-6H,7H2,1-2H3,(H2,12,13)(H,14,15). The van der Waals surface area contributed by atoms with E-state index in [1.54, 1.807) is 7.05 Å². The molecule has 0 spiro atoms. The summed E-state index contributed by atoms with van der Waals surface area (Å²) in [6, 6.07) is 7.51. The number of rotatable bonds is 3. The molecule has 15 heavy (non-hydrogen) atoms. The minimum absolute atomic E-state index is 0.0398. The van der Waals surface area contributed by atoms with Crippen molar-refractivity contribution in [2.24, 2.45) is 0 Å². The molecule has 0 aliphatic heterocycles. The molecular weight excluding hydrogens is 190 g/mol. The Bertz CT molecular complexity index is 357. The normalized spacial score (nSPS) is 9.47. The van der Waals surface area contributed by atoms with Crippen molar-refractivity contribution in [1.82, 2.24) is 10.6 Å². The van der Waals surface area contributed by atoms with E-state index < -0.39 is 0 Å². The molecule has 0 radical (unpaired) electrons. The third-order valence-corrected chi connectivity index (χ3v) is 2.03. The number of benzene rings is 1. The number of nitrogens with one attached hydrogen (secondary N) is 3. The molecule has 3 N–H and O–H groups in total. The van der Waals surface area contributed by atoms with E-state index in [4.69, 9.17) is 5.41 Å². The average molecular weight is 205 g/mol. The lowest BCUT2D eigenvalue weighted by molar-refractivity contribution is -0.119. The fraction of sp³-hybridized carbons (Fsp3) is 0.273. The molecule has 1 amide bonds. The molecule has 0 atom stereocenters. The lowest BCUT2D eigenvalue weighted by Crippen LogP contribution is -2.20. The van der Waals surface area contributed by atoms with Gasteiger partial charge in [0.2, 0.25) is 5.91 Å². The van der Waals surface area contributed by atoms with Gasteiger partial charge in [0.15, 0.2) is 0 Å². The second-order valence-corrected chi connectivity index (χ2v) is 3.23. The number of hydrogen-bond acceptors (Lipinski definition) is 2. The summed E-state index contributed by atoms with van der Waals surface area (Å²) >= 11 is 0. The zero-order valence-electron chi connectivity index (χ0n) is 8.92. The molecule has 4 nitrogen and oxygen atoms in total. The van der Waals surface area contributed by atoms with Crippen LogP contribution < -0.4 is 10.6 Å². The van der Waals surface area contributed by atoms with Gasteiger partial charge in [0.1, 0.15) is 5.84 Å². The van der Waals surface area contributed by atoms with E-state index >= 15 is 0 Å². The van der Waals surface area contributed by atoms with E-state index in [1.165, 1.54) is 6.92 Å². The Labute approximate surface area is 89.2 Å². The quantitative estimate of drug-likeness (QED) is 0.506. The van der Waals surface area contributed by atoms with Crippen LogP contribution in [0.1, 0.15) is 18.1 Å². The maximum Gasteiger partial charge on any atom is 0.217 e. The largest absolute Gasteiger partial charge is 0.373 e. The van der Waals surface area contributed by atoms with Crippen LogP contribution in [0.2, 0.25) is 0 Å². The summed E-state index contributed by atoms with van der Waals surface area (Å²) in [5.74, 6) is 0.350. The van der Waals surface area contributed by atoms with E-state index in [2.05, 4.69) is 10.6 Å². The van der Waals surface area contributed by atoms with Gasteiger partial charge >= 0.3 is 0 Å². The van der Waals surface area contributed by atoms with Crippen LogP contribution in [0, 0.1) is 5.41 Å². The molecule has 4 heteroatoms. The highest BCUT2D eigenvalue weighted by Crippen LogP contribution is 2.03. The van der Waals surface area contributed by atoms with Crippen molar-refractivity contribution < 1.29 is 4.79 Å². The van der Waals surface area contributed by atoms with Crippen molar-refractivity contribution >= 4 is 11.7 Å². The average Bonchev–Trinajstić information content (AvgIpc) is 2.26. The molecule has 0 fully saturated rings. The molecule has 0 aliphatic rings. The Hall–Kier alpha value is -1.84. The smallest absolute Gasteiger partial charge is 0.217 e. The summed E-state index contributed by atoms with van der Waals surface area (Å²) in [4.78, 5) is 10.7. The molecule has 1 aromatic rings. The summed E-state index contributed by atoms with van der Waals surface area (Å²) in [6.45, 7) is 2.02. The van der Waals surface area contributed by atoms with Crippen LogP contribution in [0.5, 0.6) is 0 Å². The lowest BCUT2D eigenvalue weighted by Gasteiger charge is -2.05. The summed E-state index contributed by atoms with van der Waals surface area (Å²) in [7, 11) is 1.72. The van der Waals surface area contributed by atoms with Gasteiger partial charge in [-0.1, -0.05) is 24.3 Å². The topological polar surface area (TPSA) is 65.0 Å². The number of carbonyl (C=O) groups is 1. The summed E-state index contributed by atoms with van der Waals surface area (Å²) < 4.78 is 0. The Morgan fingerprint density at radius 1 is 1.33 bits per heavy atom. The highest BCUT2D eigenvalue weighted by Gasteiger charge is 1.99. The summed E-state index contributed by atoms with van der Waals surface area (Å²) in [6.07, 6.45) is 0. The Morgan fingerprint density at radius 3 is 2.40 bits per heavy atom. The molecule has 1 aromatic carbocycles. The van der Waals surface area contributed by atoms with E-state index in [1.807, 2.05) is 24.3 Å². The third kappa shape index (κ3) is 3.42. The zero-order valence-corrected chi connectivity index (χ0v) is 8.92. The third-order valence-electron chi connectivity index (χ3n) is 2.03. The first-order valence-corrected chi connectivity index (χ1v) is 4.73. The van der Waals surface area contributed by atoms with Crippen LogP contribution in [-0.2, 0) is 11.3 Å². The van der Waals surface area contributed by atoms with Crippen LogP contribution in [0.25, 0.3) is 0 Å². The maximum atomic E-state index is 10.7. The number of amides is 1. The molecule has 1 rings (SSSR count). The maximum absolute atomic E-state index is 10.7. The molecule has 0 heterocycles.